The van der Waals surface area contributed by atoms with Crippen LogP contribution in [0.25, 0.3) is 11.5 Å². The van der Waals surface area contributed by atoms with Crippen LogP contribution in [-0.2, 0) is 24.3 Å². The van der Waals surface area contributed by atoms with E-state index in [1.807, 2.05) is 41.8 Å². The smallest absolute Gasteiger partial charge is 0.257 e. The van der Waals surface area contributed by atoms with Gasteiger partial charge in [0.2, 0.25) is 5.91 Å². The van der Waals surface area contributed by atoms with E-state index in [1.54, 1.807) is 12.4 Å². The Bertz CT molecular complexity index is 779. The Balaban J connectivity index is 1.56. The highest BCUT2D eigenvalue weighted by Crippen LogP contribution is 2.15. The summed E-state index contributed by atoms with van der Waals surface area (Å²) in [5, 5.41) is 6.66. The number of hydrogen-bond acceptors (Lipinski definition) is 5. The first-order valence-corrected chi connectivity index (χ1v) is 7.41. The lowest BCUT2D eigenvalue weighted by Crippen LogP contribution is -2.28. The van der Waals surface area contributed by atoms with Crippen LogP contribution >= 0.6 is 0 Å². The Hall–Kier alpha value is -2.96. The van der Waals surface area contributed by atoms with Crippen molar-refractivity contribution < 1.29 is 9.32 Å². The van der Waals surface area contributed by atoms with Crippen molar-refractivity contribution in [2.24, 2.45) is 0 Å². The molecule has 0 saturated carbocycles. The number of nitrogens with zero attached hydrogens (tertiary/aromatic N) is 4. The van der Waals surface area contributed by atoms with Gasteiger partial charge >= 0.3 is 0 Å². The summed E-state index contributed by atoms with van der Waals surface area (Å²) in [6.07, 6.45) is 4.27. The summed E-state index contributed by atoms with van der Waals surface area (Å²) in [7, 11) is 0. The summed E-state index contributed by atoms with van der Waals surface area (Å²) in [6, 6.07) is 9.50. The maximum absolute atomic E-state index is 12.0. The van der Waals surface area contributed by atoms with E-state index in [-0.39, 0.29) is 19.0 Å². The summed E-state index contributed by atoms with van der Waals surface area (Å²) >= 11 is 0. The number of carbonyl (C=O) groups excluding carboxylic acids is 1. The molecule has 3 rings (SSSR count). The lowest BCUT2D eigenvalue weighted by molar-refractivity contribution is -0.121. The van der Waals surface area contributed by atoms with E-state index in [4.69, 9.17) is 4.52 Å². The zero-order chi connectivity index (χ0) is 16.1. The van der Waals surface area contributed by atoms with Gasteiger partial charge < -0.3 is 14.4 Å². The third-order valence-electron chi connectivity index (χ3n) is 3.36. The summed E-state index contributed by atoms with van der Waals surface area (Å²) < 4.78 is 7.02. The molecule has 0 bridgehead atoms. The van der Waals surface area contributed by atoms with E-state index >= 15 is 0 Å². The molecule has 0 unspecified atom stereocenters. The first kappa shape index (κ1) is 15.0. The SMILES string of the molecule is CCc1nccn1CC(=O)NCc1noc(-c2ccccc2)n1. The van der Waals surface area contributed by atoms with Gasteiger partial charge in [-0.2, -0.15) is 4.98 Å². The predicted molar refractivity (Wildman–Crippen MR) is 83.2 cm³/mol. The average Bonchev–Trinajstić information content (AvgIpc) is 3.23. The number of rotatable bonds is 6. The normalized spacial score (nSPS) is 10.7. The lowest BCUT2D eigenvalue weighted by Gasteiger charge is -2.06. The molecule has 0 aliphatic rings. The first-order valence-electron chi connectivity index (χ1n) is 7.41. The van der Waals surface area contributed by atoms with Gasteiger partial charge in [0, 0.05) is 24.4 Å². The van der Waals surface area contributed by atoms with Gasteiger partial charge in [-0.3, -0.25) is 4.79 Å². The highest BCUT2D eigenvalue weighted by Gasteiger charge is 2.10. The summed E-state index contributed by atoms with van der Waals surface area (Å²) in [6.45, 7) is 2.46. The molecule has 2 aromatic heterocycles. The molecule has 0 radical (unpaired) electrons. The van der Waals surface area contributed by atoms with Crippen molar-refractivity contribution in [3.8, 4) is 11.5 Å². The second kappa shape index (κ2) is 6.87. The number of aromatic nitrogens is 4. The van der Waals surface area contributed by atoms with E-state index in [9.17, 15) is 4.79 Å². The maximum atomic E-state index is 12.0. The monoisotopic (exact) mass is 311 g/mol. The van der Waals surface area contributed by atoms with Crippen LogP contribution in [0.1, 0.15) is 18.6 Å². The third-order valence-corrected chi connectivity index (χ3v) is 3.36. The minimum Gasteiger partial charge on any atom is -0.347 e. The molecule has 0 fully saturated rings. The van der Waals surface area contributed by atoms with Gasteiger partial charge in [-0.05, 0) is 12.1 Å². The van der Waals surface area contributed by atoms with E-state index in [0.717, 1.165) is 17.8 Å². The van der Waals surface area contributed by atoms with Gasteiger partial charge in [0.1, 0.15) is 12.4 Å². The summed E-state index contributed by atoms with van der Waals surface area (Å²) in [5.74, 6) is 1.64. The molecule has 0 spiro atoms. The van der Waals surface area contributed by atoms with Crippen molar-refractivity contribution in [3.63, 3.8) is 0 Å². The molecular weight excluding hydrogens is 294 g/mol. The fourth-order valence-electron chi connectivity index (χ4n) is 2.21. The Kier molecular flexibility index (Phi) is 4.46. The molecule has 0 saturated heterocycles. The molecule has 0 atom stereocenters. The quantitative estimate of drug-likeness (QED) is 0.750. The fourth-order valence-corrected chi connectivity index (χ4v) is 2.21. The standard InChI is InChI=1S/C16H17N5O2/c1-2-14-17-8-9-21(14)11-15(22)18-10-13-19-16(23-20-13)12-6-4-3-5-7-12/h3-9H,2,10-11H2,1H3,(H,18,22). The van der Waals surface area contributed by atoms with Crippen molar-refractivity contribution in [2.45, 2.75) is 26.4 Å². The van der Waals surface area contributed by atoms with Crippen molar-refractivity contribution in [1.29, 1.82) is 0 Å². The largest absolute Gasteiger partial charge is 0.347 e. The van der Waals surface area contributed by atoms with E-state index < -0.39 is 0 Å². The number of imidazole rings is 1. The molecule has 1 aromatic carbocycles. The minimum absolute atomic E-state index is 0.122. The maximum Gasteiger partial charge on any atom is 0.257 e. The van der Waals surface area contributed by atoms with Gasteiger partial charge in [0.05, 0.1) is 6.54 Å². The van der Waals surface area contributed by atoms with Crippen LogP contribution in [0.4, 0.5) is 0 Å². The molecule has 3 aromatic rings. The Morgan fingerprint density at radius 2 is 2.13 bits per heavy atom. The van der Waals surface area contributed by atoms with Crippen LogP contribution in [-0.4, -0.2) is 25.6 Å². The highest BCUT2D eigenvalue weighted by molar-refractivity contribution is 5.75. The molecule has 1 amide bonds. The number of nitrogens with one attached hydrogen (secondary N) is 1. The van der Waals surface area contributed by atoms with Gasteiger partial charge in [0.25, 0.3) is 5.89 Å². The molecule has 7 nitrogen and oxygen atoms in total. The van der Waals surface area contributed by atoms with Crippen LogP contribution in [0.15, 0.2) is 47.2 Å². The molecule has 0 aliphatic heterocycles. The van der Waals surface area contributed by atoms with Crippen LogP contribution in [0.2, 0.25) is 0 Å². The zero-order valence-electron chi connectivity index (χ0n) is 12.8. The second-order valence-electron chi connectivity index (χ2n) is 4.98. The Morgan fingerprint density at radius 1 is 1.30 bits per heavy atom. The van der Waals surface area contributed by atoms with Gasteiger partial charge in [-0.1, -0.05) is 30.3 Å². The molecular formula is C16H17N5O2. The predicted octanol–water partition coefficient (Wildman–Crippen LogP) is 1.81. The third kappa shape index (κ3) is 3.63. The molecule has 23 heavy (non-hydrogen) atoms. The average molecular weight is 311 g/mol. The number of amides is 1. The Labute approximate surface area is 133 Å². The van der Waals surface area contributed by atoms with Crippen molar-refractivity contribution in [2.75, 3.05) is 0 Å². The van der Waals surface area contributed by atoms with E-state index in [2.05, 4.69) is 20.4 Å². The summed E-state index contributed by atoms with van der Waals surface area (Å²) in [5.41, 5.74) is 0.851. The van der Waals surface area contributed by atoms with Crippen LogP contribution in [0, 0.1) is 0 Å². The molecule has 2 heterocycles. The first-order chi connectivity index (χ1) is 11.3. The molecule has 7 heteroatoms. The van der Waals surface area contributed by atoms with E-state index in [1.165, 1.54) is 0 Å². The summed E-state index contributed by atoms with van der Waals surface area (Å²) in [4.78, 5) is 20.4. The van der Waals surface area contributed by atoms with Crippen LogP contribution in [0.3, 0.4) is 0 Å². The topological polar surface area (TPSA) is 85.8 Å². The minimum atomic E-state index is -0.122. The second-order valence-corrected chi connectivity index (χ2v) is 4.98. The van der Waals surface area contributed by atoms with Gasteiger partial charge in [0.15, 0.2) is 5.82 Å². The van der Waals surface area contributed by atoms with Gasteiger partial charge in [-0.25, -0.2) is 4.98 Å². The van der Waals surface area contributed by atoms with Crippen LogP contribution in [0.5, 0.6) is 0 Å². The fraction of sp³-hybridized carbons (Fsp3) is 0.250. The number of carbonyl (C=O) groups is 1. The van der Waals surface area contributed by atoms with Crippen molar-refractivity contribution >= 4 is 5.91 Å². The number of aryl methyl sites for hydroxylation is 1. The highest BCUT2D eigenvalue weighted by atomic mass is 16.5. The molecule has 1 N–H and O–H groups in total. The Morgan fingerprint density at radius 3 is 2.91 bits per heavy atom. The zero-order valence-corrected chi connectivity index (χ0v) is 12.8. The van der Waals surface area contributed by atoms with Crippen LogP contribution < -0.4 is 5.32 Å². The number of hydrogen-bond donors (Lipinski definition) is 1. The van der Waals surface area contributed by atoms with Crippen molar-refractivity contribution in [3.05, 3.63) is 54.4 Å². The van der Waals surface area contributed by atoms with Gasteiger partial charge in [-0.15, -0.1) is 0 Å². The van der Waals surface area contributed by atoms with E-state index in [0.29, 0.717) is 11.7 Å². The lowest BCUT2D eigenvalue weighted by atomic mass is 10.2. The van der Waals surface area contributed by atoms with Crippen molar-refractivity contribution in [1.82, 2.24) is 25.0 Å². The number of benzene rings is 1. The molecule has 0 aliphatic carbocycles. The molecule has 118 valence electrons.